The minimum atomic E-state index is -3.72. The lowest BCUT2D eigenvalue weighted by atomic mass is 10.1. The predicted octanol–water partition coefficient (Wildman–Crippen LogP) is 1.14. The van der Waals surface area contributed by atoms with Crippen LogP contribution in [0.2, 0.25) is 0 Å². The summed E-state index contributed by atoms with van der Waals surface area (Å²) in [7, 11) is -3.72. The zero-order chi connectivity index (χ0) is 12.9. The van der Waals surface area contributed by atoms with Gasteiger partial charge in [0.05, 0.1) is 5.69 Å². The van der Waals surface area contributed by atoms with Crippen molar-refractivity contribution in [3.05, 3.63) is 29.8 Å². The van der Waals surface area contributed by atoms with Crippen LogP contribution in [-0.2, 0) is 16.8 Å². The smallest absolute Gasteiger partial charge is 0.296 e. The summed E-state index contributed by atoms with van der Waals surface area (Å²) >= 11 is 0. The van der Waals surface area contributed by atoms with Gasteiger partial charge in [0.1, 0.15) is 0 Å². The topological polar surface area (TPSA) is 75.4 Å². The molecule has 0 amide bonds. The van der Waals surface area contributed by atoms with Gasteiger partial charge in [0.25, 0.3) is 10.2 Å². The second kappa shape index (κ2) is 6.00. The summed E-state index contributed by atoms with van der Waals surface area (Å²) in [6.07, 6.45) is 0. The SMILES string of the molecule is CCN(CC)Cc1ccccc1NS(N)(=O)=O. The molecule has 0 spiro atoms. The van der Waals surface area contributed by atoms with Gasteiger partial charge in [-0.3, -0.25) is 9.62 Å². The van der Waals surface area contributed by atoms with E-state index in [-0.39, 0.29) is 0 Å². The van der Waals surface area contributed by atoms with Gasteiger partial charge in [-0.25, -0.2) is 5.14 Å². The van der Waals surface area contributed by atoms with Gasteiger partial charge in [-0.05, 0) is 24.7 Å². The normalized spacial score (nSPS) is 11.8. The lowest BCUT2D eigenvalue weighted by molar-refractivity contribution is 0.296. The van der Waals surface area contributed by atoms with E-state index in [1.807, 2.05) is 12.1 Å². The van der Waals surface area contributed by atoms with Crippen LogP contribution < -0.4 is 9.86 Å². The maximum absolute atomic E-state index is 11.0. The highest BCUT2D eigenvalue weighted by Gasteiger charge is 2.09. The van der Waals surface area contributed by atoms with E-state index in [2.05, 4.69) is 23.5 Å². The summed E-state index contributed by atoms with van der Waals surface area (Å²) in [5, 5.41) is 4.98. The van der Waals surface area contributed by atoms with Gasteiger partial charge in [0, 0.05) is 6.54 Å². The first kappa shape index (κ1) is 14.0. The third-order valence-corrected chi connectivity index (χ3v) is 3.06. The van der Waals surface area contributed by atoms with E-state index in [1.54, 1.807) is 12.1 Å². The van der Waals surface area contributed by atoms with Crippen LogP contribution in [0, 0.1) is 0 Å². The molecule has 1 rings (SSSR count). The first-order chi connectivity index (χ1) is 7.96. The van der Waals surface area contributed by atoms with Crippen LogP contribution in [0.5, 0.6) is 0 Å². The lowest BCUT2D eigenvalue weighted by Crippen LogP contribution is -2.25. The maximum atomic E-state index is 11.0. The summed E-state index contributed by atoms with van der Waals surface area (Å²) in [6.45, 7) is 6.67. The molecule has 5 nitrogen and oxygen atoms in total. The highest BCUT2D eigenvalue weighted by atomic mass is 32.2. The molecule has 0 saturated heterocycles. The Morgan fingerprint density at radius 3 is 2.35 bits per heavy atom. The van der Waals surface area contributed by atoms with Crippen molar-refractivity contribution in [2.24, 2.45) is 5.14 Å². The highest BCUT2D eigenvalue weighted by Crippen LogP contribution is 2.17. The van der Waals surface area contributed by atoms with E-state index in [1.165, 1.54) is 0 Å². The summed E-state index contributed by atoms with van der Waals surface area (Å²) < 4.78 is 24.4. The molecule has 0 bridgehead atoms. The van der Waals surface area contributed by atoms with Crippen LogP contribution in [0.4, 0.5) is 5.69 Å². The minimum absolute atomic E-state index is 0.543. The molecular weight excluding hydrogens is 238 g/mol. The number of hydrogen-bond donors (Lipinski definition) is 2. The first-order valence-corrected chi connectivity index (χ1v) is 7.11. The molecule has 0 aliphatic carbocycles. The number of benzene rings is 1. The molecule has 6 heteroatoms. The summed E-state index contributed by atoms with van der Waals surface area (Å²) in [6, 6.07) is 7.27. The number of hydrogen-bond acceptors (Lipinski definition) is 3. The Morgan fingerprint density at radius 2 is 1.82 bits per heavy atom. The van der Waals surface area contributed by atoms with Crippen molar-refractivity contribution in [2.75, 3.05) is 17.8 Å². The third kappa shape index (κ3) is 4.72. The molecule has 0 radical (unpaired) electrons. The molecule has 0 fully saturated rings. The van der Waals surface area contributed by atoms with Gasteiger partial charge >= 0.3 is 0 Å². The average molecular weight is 257 g/mol. The van der Waals surface area contributed by atoms with Crippen molar-refractivity contribution < 1.29 is 8.42 Å². The van der Waals surface area contributed by atoms with Crippen LogP contribution >= 0.6 is 0 Å². The van der Waals surface area contributed by atoms with Gasteiger partial charge < -0.3 is 0 Å². The highest BCUT2D eigenvalue weighted by molar-refractivity contribution is 7.90. The zero-order valence-electron chi connectivity index (χ0n) is 10.2. The molecule has 0 aromatic heterocycles. The van der Waals surface area contributed by atoms with Crippen molar-refractivity contribution >= 4 is 15.9 Å². The number of nitrogens with one attached hydrogen (secondary N) is 1. The molecule has 0 heterocycles. The second-order valence-electron chi connectivity index (χ2n) is 3.77. The van der Waals surface area contributed by atoms with Crippen LogP contribution in [0.15, 0.2) is 24.3 Å². The van der Waals surface area contributed by atoms with Crippen molar-refractivity contribution in [3.63, 3.8) is 0 Å². The quantitative estimate of drug-likeness (QED) is 0.802. The Bertz CT molecular complexity index is 456. The lowest BCUT2D eigenvalue weighted by Gasteiger charge is -2.20. The van der Waals surface area contributed by atoms with Crippen LogP contribution in [0.3, 0.4) is 0 Å². The van der Waals surface area contributed by atoms with E-state index in [9.17, 15) is 8.42 Å². The molecule has 0 saturated carbocycles. The summed E-state index contributed by atoms with van der Waals surface area (Å²) in [5.41, 5.74) is 1.46. The molecular formula is C11H19N3O2S. The van der Waals surface area contributed by atoms with Crippen molar-refractivity contribution in [2.45, 2.75) is 20.4 Å². The fourth-order valence-electron chi connectivity index (χ4n) is 1.60. The number of nitrogens with zero attached hydrogens (tertiary/aromatic N) is 1. The van der Waals surface area contributed by atoms with E-state index >= 15 is 0 Å². The standard InChI is InChI=1S/C11H19N3O2S/c1-3-14(4-2)9-10-7-5-6-8-11(10)13-17(12,15)16/h5-8,13H,3-4,9H2,1-2H3,(H2,12,15,16). The van der Waals surface area contributed by atoms with Crippen molar-refractivity contribution in [1.82, 2.24) is 4.90 Å². The van der Waals surface area contributed by atoms with Gasteiger partial charge in [-0.15, -0.1) is 0 Å². The summed E-state index contributed by atoms with van der Waals surface area (Å²) in [4.78, 5) is 2.20. The number of rotatable bonds is 6. The molecule has 0 aliphatic rings. The number of anilines is 1. The molecule has 96 valence electrons. The van der Waals surface area contributed by atoms with Crippen molar-refractivity contribution in [1.29, 1.82) is 0 Å². The Kier molecular flexibility index (Phi) is 4.92. The molecule has 1 aromatic carbocycles. The average Bonchev–Trinajstić information content (AvgIpc) is 2.26. The van der Waals surface area contributed by atoms with Crippen LogP contribution in [-0.4, -0.2) is 26.4 Å². The van der Waals surface area contributed by atoms with Gasteiger partial charge in [-0.2, -0.15) is 8.42 Å². The first-order valence-electron chi connectivity index (χ1n) is 5.57. The van der Waals surface area contributed by atoms with Gasteiger partial charge in [0.2, 0.25) is 0 Å². The monoisotopic (exact) mass is 257 g/mol. The fourth-order valence-corrected chi connectivity index (χ4v) is 2.10. The van der Waals surface area contributed by atoms with E-state index in [0.29, 0.717) is 12.2 Å². The zero-order valence-corrected chi connectivity index (χ0v) is 11.0. The Morgan fingerprint density at radius 1 is 1.24 bits per heavy atom. The Hall–Kier alpha value is -1.11. The summed E-state index contributed by atoms with van der Waals surface area (Å²) in [5.74, 6) is 0. The molecule has 0 atom stereocenters. The Balaban J connectivity index is 2.91. The molecule has 0 aliphatic heterocycles. The van der Waals surface area contributed by atoms with E-state index in [4.69, 9.17) is 5.14 Å². The maximum Gasteiger partial charge on any atom is 0.296 e. The molecule has 0 unspecified atom stereocenters. The van der Waals surface area contributed by atoms with Crippen molar-refractivity contribution in [3.8, 4) is 0 Å². The van der Waals surface area contributed by atoms with E-state index < -0.39 is 10.2 Å². The molecule has 3 N–H and O–H groups in total. The number of nitrogens with two attached hydrogens (primary N) is 1. The molecule has 17 heavy (non-hydrogen) atoms. The second-order valence-corrected chi connectivity index (χ2v) is 5.06. The Labute approximate surface area is 103 Å². The molecule has 1 aromatic rings. The third-order valence-electron chi connectivity index (χ3n) is 2.56. The van der Waals surface area contributed by atoms with Gasteiger partial charge in [0.15, 0.2) is 0 Å². The predicted molar refractivity (Wildman–Crippen MR) is 69.8 cm³/mol. The fraction of sp³-hybridized carbons (Fsp3) is 0.455. The number of para-hydroxylation sites is 1. The largest absolute Gasteiger partial charge is 0.300 e. The minimum Gasteiger partial charge on any atom is -0.300 e. The van der Waals surface area contributed by atoms with E-state index in [0.717, 1.165) is 18.7 Å². The van der Waals surface area contributed by atoms with Crippen LogP contribution in [0.25, 0.3) is 0 Å². The van der Waals surface area contributed by atoms with Crippen LogP contribution in [0.1, 0.15) is 19.4 Å². The van der Waals surface area contributed by atoms with Gasteiger partial charge in [-0.1, -0.05) is 32.0 Å².